The molecule has 0 aromatic carbocycles. The van der Waals surface area contributed by atoms with Crippen LogP contribution < -0.4 is 5.32 Å². The topological polar surface area (TPSA) is 88.3 Å². The van der Waals surface area contributed by atoms with Crippen LogP contribution in [0.3, 0.4) is 0 Å². The van der Waals surface area contributed by atoms with E-state index in [1.165, 1.54) is 6.92 Å². The summed E-state index contributed by atoms with van der Waals surface area (Å²) in [6, 6.07) is 1.93. The highest BCUT2D eigenvalue weighted by atomic mass is 79.9. The van der Waals surface area contributed by atoms with Crippen LogP contribution in [0.25, 0.3) is 0 Å². The minimum atomic E-state index is -3.61. The lowest BCUT2D eigenvalue weighted by Gasteiger charge is -2.30. The monoisotopic (exact) mass is 408 g/mol. The van der Waals surface area contributed by atoms with Crippen LogP contribution in [-0.4, -0.2) is 42.5 Å². The highest BCUT2D eigenvalue weighted by Crippen LogP contribution is 2.25. The minimum Gasteiger partial charge on any atom is -0.459 e. The molecule has 0 saturated heterocycles. The number of carbonyl (C=O) groups is 1. The molecule has 6 nitrogen and oxygen atoms in total. The Morgan fingerprint density at radius 1 is 1.35 bits per heavy atom. The van der Waals surface area contributed by atoms with Gasteiger partial charge in [-0.25, -0.2) is 8.42 Å². The van der Waals surface area contributed by atoms with Crippen molar-refractivity contribution in [3.05, 3.63) is 22.4 Å². The zero-order valence-electron chi connectivity index (χ0n) is 14.2. The summed E-state index contributed by atoms with van der Waals surface area (Å²) in [6.07, 6.45) is 3.03. The van der Waals surface area contributed by atoms with Gasteiger partial charge >= 0.3 is 5.97 Å². The van der Waals surface area contributed by atoms with E-state index >= 15 is 0 Å². The van der Waals surface area contributed by atoms with Crippen molar-refractivity contribution in [2.75, 3.05) is 12.8 Å². The van der Waals surface area contributed by atoms with Gasteiger partial charge in [0.15, 0.2) is 14.6 Å². The van der Waals surface area contributed by atoms with Crippen LogP contribution in [0.1, 0.15) is 39.8 Å². The van der Waals surface area contributed by atoms with Crippen LogP contribution in [0.15, 0.2) is 16.7 Å². The molecule has 1 heterocycles. The van der Waals surface area contributed by atoms with Gasteiger partial charge in [0.1, 0.15) is 5.60 Å². The van der Waals surface area contributed by atoms with Gasteiger partial charge in [-0.1, -0.05) is 0 Å². The van der Waals surface area contributed by atoms with Crippen LogP contribution in [0.5, 0.6) is 0 Å². The van der Waals surface area contributed by atoms with Crippen molar-refractivity contribution in [1.82, 2.24) is 10.3 Å². The molecule has 0 aliphatic heterocycles. The van der Waals surface area contributed by atoms with E-state index in [-0.39, 0.29) is 6.42 Å². The summed E-state index contributed by atoms with van der Waals surface area (Å²) in [6.45, 7) is 7.50. The maximum Gasteiger partial charge on any atom is 0.327 e. The quantitative estimate of drug-likeness (QED) is 0.534. The van der Waals surface area contributed by atoms with Gasteiger partial charge in [-0.15, -0.1) is 0 Å². The molecular formula is C15H25BrN2O4S. The molecule has 0 spiro atoms. The zero-order valence-corrected chi connectivity index (χ0v) is 16.6. The molecule has 8 heteroatoms. The second-order valence-electron chi connectivity index (χ2n) is 6.77. The summed E-state index contributed by atoms with van der Waals surface area (Å²) >= 11 is 3.35. The first-order chi connectivity index (χ1) is 10.3. The van der Waals surface area contributed by atoms with E-state index in [9.17, 15) is 13.2 Å². The van der Waals surface area contributed by atoms with E-state index in [1.807, 2.05) is 12.3 Å². The average Bonchev–Trinajstić information content (AvgIpc) is 2.76. The molecule has 0 unspecified atom stereocenters. The Balaban J connectivity index is 2.70. The average molecular weight is 409 g/mol. The van der Waals surface area contributed by atoms with Crippen molar-refractivity contribution in [1.29, 1.82) is 0 Å². The lowest BCUT2D eigenvalue weighted by atomic mass is 10.1. The van der Waals surface area contributed by atoms with Crippen LogP contribution in [0.4, 0.5) is 0 Å². The second kappa shape index (κ2) is 7.36. The third-order valence-electron chi connectivity index (χ3n) is 3.45. The number of carbonyl (C=O) groups excluding carboxylic acids is 1. The lowest BCUT2D eigenvalue weighted by Crippen LogP contribution is -2.48. The summed E-state index contributed by atoms with van der Waals surface area (Å²) in [5, 5.41) is 3.14. The number of aromatic amines is 1. The van der Waals surface area contributed by atoms with Crippen molar-refractivity contribution >= 4 is 31.7 Å². The highest BCUT2D eigenvalue weighted by molar-refractivity contribution is 9.10. The van der Waals surface area contributed by atoms with Crippen molar-refractivity contribution in [3.63, 3.8) is 0 Å². The first kappa shape index (κ1) is 20.2. The number of sulfone groups is 1. The molecule has 0 fully saturated rings. The molecule has 0 saturated carbocycles. The van der Waals surface area contributed by atoms with Gasteiger partial charge < -0.3 is 15.0 Å². The van der Waals surface area contributed by atoms with E-state index < -0.39 is 26.2 Å². The predicted octanol–water partition coefficient (Wildman–Crippen LogP) is 2.40. The molecule has 132 valence electrons. The number of esters is 1. The number of hydrogen-bond acceptors (Lipinski definition) is 5. The summed E-state index contributed by atoms with van der Waals surface area (Å²) < 4.78 is 28.9. The number of rotatable bonds is 7. The highest BCUT2D eigenvalue weighted by Gasteiger charge is 2.45. The first-order valence-corrected chi connectivity index (χ1v) is 10.0. The Hall–Kier alpha value is -0.860. The molecule has 0 aliphatic carbocycles. The molecule has 23 heavy (non-hydrogen) atoms. The van der Waals surface area contributed by atoms with Crippen LogP contribution in [0, 0.1) is 0 Å². The molecule has 1 aromatic heterocycles. The van der Waals surface area contributed by atoms with Crippen molar-refractivity contribution in [2.24, 2.45) is 0 Å². The molecule has 0 aliphatic rings. The van der Waals surface area contributed by atoms with Crippen LogP contribution in [0.2, 0.25) is 0 Å². The molecule has 0 radical (unpaired) electrons. The number of nitrogens with one attached hydrogen (secondary N) is 2. The predicted molar refractivity (Wildman–Crippen MR) is 93.9 cm³/mol. The van der Waals surface area contributed by atoms with E-state index in [4.69, 9.17) is 4.74 Å². The first-order valence-electron chi connectivity index (χ1n) is 7.32. The molecule has 1 aromatic rings. The number of aromatic nitrogens is 1. The van der Waals surface area contributed by atoms with E-state index in [1.54, 1.807) is 20.8 Å². The largest absolute Gasteiger partial charge is 0.459 e. The Morgan fingerprint density at radius 2 is 1.96 bits per heavy atom. The molecule has 0 amide bonds. The maximum absolute atomic E-state index is 12.4. The molecule has 1 rings (SSSR count). The van der Waals surface area contributed by atoms with Crippen LogP contribution >= 0.6 is 15.9 Å². The van der Waals surface area contributed by atoms with Gasteiger partial charge in [0, 0.05) is 29.2 Å². The molecule has 2 N–H and O–H groups in total. The van der Waals surface area contributed by atoms with Gasteiger partial charge in [0.2, 0.25) is 0 Å². The minimum absolute atomic E-state index is 0.141. The van der Waals surface area contributed by atoms with E-state index in [2.05, 4.69) is 26.2 Å². The molecular weight excluding hydrogens is 384 g/mol. The second-order valence-corrected chi connectivity index (χ2v) is 10.1. The Bertz CT molecular complexity index is 649. The Morgan fingerprint density at radius 3 is 2.39 bits per heavy atom. The fraction of sp³-hybridized carbons (Fsp3) is 0.667. The fourth-order valence-electron chi connectivity index (χ4n) is 1.89. The van der Waals surface area contributed by atoms with Crippen LogP contribution in [-0.2, 0) is 25.9 Å². The molecule has 1 atom stereocenters. The summed E-state index contributed by atoms with van der Waals surface area (Å²) in [5.41, 5.74) is 0.239. The van der Waals surface area contributed by atoms with Gasteiger partial charge in [0.25, 0.3) is 0 Å². The normalized spacial score (nSPS) is 15.2. The van der Waals surface area contributed by atoms with Gasteiger partial charge in [0.05, 0.1) is 0 Å². The Kier molecular flexibility index (Phi) is 6.46. The summed E-state index contributed by atoms with van der Waals surface area (Å²) in [4.78, 5) is 15.4. The van der Waals surface area contributed by atoms with Gasteiger partial charge in [-0.3, -0.25) is 4.79 Å². The smallest absolute Gasteiger partial charge is 0.327 e. The zero-order chi connectivity index (χ0) is 17.9. The third kappa shape index (κ3) is 5.93. The lowest BCUT2D eigenvalue weighted by molar-refractivity contribution is -0.157. The fourth-order valence-corrected chi connectivity index (χ4v) is 3.10. The van der Waals surface area contributed by atoms with E-state index in [0.29, 0.717) is 13.1 Å². The number of H-pyrrole nitrogens is 1. The third-order valence-corrected chi connectivity index (χ3v) is 5.92. The summed E-state index contributed by atoms with van der Waals surface area (Å²) in [7, 11) is -3.61. The van der Waals surface area contributed by atoms with Gasteiger partial charge in [-0.05, 0) is 62.7 Å². The van der Waals surface area contributed by atoms with E-state index in [0.717, 1.165) is 16.4 Å². The maximum atomic E-state index is 12.4. The standard InChI is InChI=1S/C15H25BrN2O4S/c1-14(2,3)22-13(19)15(4,23(5,20)21)6-7-17-10-12-8-11(16)9-18-12/h8-9,17-18H,6-7,10H2,1-5H3/t15-/m1/s1. The Labute approximate surface area is 146 Å². The van der Waals surface area contributed by atoms with Crippen molar-refractivity contribution < 1.29 is 17.9 Å². The number of hydrogen-bond donors (Lipinski definition) is 2. The van der Waals surface area contributed by atoms with Crippen molar-refractivity contribution in [2.45, 2.75) is 51.0 Å². The van der Waals surface area contributed by atoms with Crippen molar-refractivity contribution in [3.8, 4) is 0 Å². The number of halogens is 1. The molecule has 0 bridgehead atoms. The van der Waals surface area contributed by atoms with Gasteiger partial charge in [-0.2, -0.15) is 0 Å². The summed E-state index contributed by atoms with van der Waals surface area (Å²) in [5.74, 6) is -0.711. The SMILES string of the molecule is CC(C)(C)OC(=O)[C@@](C)(CCNCc1cc(Br)c[nH]1)S(C)(=O)=O. The number of ether oxygens (including phenoxy) is 1.